The van der Waals surface area contributed by atoms with Crippen LogP contribution in [0.3, 0.4) is 0 Å². The van der Waals surface area contributed by atoms with E-state index in [1.54, 1.807) is 30.3 Å². The molecule has 1 aromatic heterocycles. The van der Waals surface area contributed by atoms with E-state index in [0.717, 1.165) is 10.8 Å². The molecule has 1 aliphatic rings. The summed E-state index contributed by atoms with van der Waals surface area (Å²) in [5.74, 6) is -0.137. The van der Waals surface area contributed by atoms with Gasteiger partial charge in [0.05, 0.1) is 6.61 Å². The first-order valence-corrected chi connectivity index (χ1v) is 8.68. The largest absolute Gasteiger partial charge is 0.484 e. The van der Waals surface area contributed by atoms with Crippen LogP contribution >= 0.6 is 0 Å². The van der Waals surface area contributed by atoms with Crippen molar-refractivity contribution in [2.75, 3.05) is 18.5 Å². The lowest BCUT2D eigenvalue weighted by molar-refractivity contribution is -0.125. The minimum Gasteiger partial charge on any atom is -0.484 e. The van der Waals surface area contributed by atoms with Gasteiger partial charge in [0.1, 0.15) is 23.8 Å². The molecule has 0 spiro atoms. The molecule has 4 unspecified atom stereocenters. The quantitative estimate of drug-likeness (QED) is 0.263. The Labute approximate surface area is 168 Å². The summed E-state index contributed by atoms with van der Waals surface area (Å²) >= 11 is 0. The first kappa shape index (κ1) is 21.2. The minimum absolute atomic E-state index is 0.0746. The molecule has 3 rings (SSSR count). The molecule has 0 radical (unpaired) electrons. The van der Waals surface area contributed by atoms with E-state index in [9.17, 15) is 24.9 Å². The Morgan fingerprint density at radius 2 is 2.10 bits per heavy atom. The molecule has 1 saturated heterocycles. The lowest BCUT2D eigenvalue weighted by Gasteiger charge is -2.23. The van der Waals surface area contributed by atoms with Gasteiger partial charge in [-0.2, -0.15) is 4.98 Å². The van der Waals surface area contributed by atoms with Crippen LogP contribution < -0.4 is 15.7 Å². The molecule has 2 heterocycles. The van der Waals surface area contributed by atoms with Crippen molar-refractivity contribution in [2.45, 2.75) is 24.2 Å². The normalized spacial score (nSPS) is 25.4. The second kappa shape index (κ2) is 8.90. The molecule has 1 aliphatic heterocycles. The van der Waals surface area contributed by atoms with Gasteiger partial charge in [0, 0.05) is 11.1 Å². The van der Waals surface area contributed by atoms with Crippen LogP contribution in [0.4, 0.5) is 5.82 Å². The van der Waals surface area contributed by atoms with E-state index in [0.29, 0.717) is 5.75 Å². The summed E-state index contributed by atoms with van der Waals surface area (Å²) < 4.78 is 11.4. The van der Waals surface area contributed by atoms with Gasteiger partial charge < -0.3 is 30.1 Å². The number of benzene rings is 1. The zero-order valence-corrected chi connectivity index (χ0v) is 15.4. The Hall–Kier alpha value is -3.48. The Morgan fingerprint density at radius 1 is 1.37 bits per heavy atom. The molecule has 30 heavy (non-hydrogen) atoms. The van der Waals surface area contributed by atoms with E-state index >= 15 is 0 Å². The molecule has 0 saturated carbocycles. The van der Waals surface area contributed by atoms with Crippen LogP contribution in [0.1, 0.15) is 6.23 Å². The number of nitrogens with one attached hydrogen (secondary N) is 1. The van der Waals surface area contributed by atoms with E-state index in [-0.39, 0.29) is 12.4 Å². The predicted octanol–water partition coefficient (Wildman–Crippen LogP) is -0.490. The fourth-order valence-electron chi connectivity index (χ4n) is 2.83. The van der Waals surface area contributed by atoms with Crippen LogP contribution in [0.5, 0.6) is 5.75 Å². The summed E-state index contributed by atoms with van der Waals surface area (Å²) in [5.41, 5.74) is 5.54. The Balaban J connectivity index is 1.70. The van der Waals surface area contributed by atoms with Crippen LogP contribution in [-0.2, 0) is 9.53 Å². The summed E-state index contributed by atoms with van der Waals surface area (Å²) in [6.45, 7) is -1.24. The summed E-state index contributed by atoms with van der Waals surface area (Å²) in [7, 11) is 0. The second-order valence-corrected chi connectivity index (χ2v) is 6.29. The van der Waals surface area contributed by atoms with Crippen LogP contribution in [0, 0.1) is 0 Å². The number of hydrogen-bond donors (Lipinski definition) is 4. The number of carbonyl (C=O) groups excluding carboxylic acids is 1. The van der Waals surface area contributed by atoms with Gasteiger partial charge in [0.25, 0.3) is 5.91 Å². The molecule has 1 aromatic carbocycles. The van der Waals surface area contributed by atoms with Crippen LogP contribution in [0.2, 0.25) is 0 Å². The zero-order valence-electron chi connectivity index (χ0n) is 15.4. The number of ether oxygens (including phenoxy) is 2. The van der Waals surface area contributed by atoms with Gasteiger partial charge in [-0.25, -0.2) is 4.79 Å². The maximum atomic E-state index is 12.3. The van der Waals surface area contributed by atoms with Crippen molar-refractivity contribution in [3.63, 3.8) is 0 Å². The number of carbonyl (C=O) groups is 1. The van der Waals surface area contributed by atoms with Gasteiger partial charge in [-0.05, 0) is 23.7 Å². The lowest BCUT2D eigenvalue weighted by Crippen LogP contribution is -2.44. The predicted molar refractivity (Wildman–Crippen MR) is 100 cm³/mol. The monoisotopic (exact) mass is 418 g/mol. The average molecular weight is 418 g/mol. The van der Waals surface area contributed by atoms with Crippen molar-refractivity contribution in [2.24, 2.45) is 5.11 Å². The number of rotatable bonds is 7. The molecule has 13 nitrogen and oxygen atoms in total. The van der Waals surface area contributed by atoms with Crippen molar-refractivity contribution in [3.8, 4) is 5.75 Å². The summed E-state index contributed by atoms with van der Waals surface area (Å²) in [6, 6.07) is 9.91. The third-order valence-electron chi connectivity index (χ3n) is 4.33. The number of azide groups is 1. The summed E-state index contributed by atoms with van der Waals surface area (Å²) in [4.78, 5) is 30.5. The average Bonchev–Trinajstić information content (AvgIpc) is 2.99. The molecular weight excluding hydrogens is 400 g/mol. The fourth-order valence-corrected chi connectivity index (χ4v) is 2.83. The van der Waals surface area contributed by atoms with E-state index in [1.807, 2.05) is 0 Å². The SMILES string of the molecule is [N-]=[N+]=NC1(CO)OC(n2ccc(NC(=O)COc3ccccc3)nc2=O)C(O)C1O. The van der Waals surface area contributed by atoms with E-state index in [2.05, 4.69) is 20.3 Å². The number of aliphatic hydroxyl groups excluding tert-OH is 3. The molecule has 2 aromatic rings. The Bertz CT molecular complexity index is 1010. The van der Waals surface area contributed by atoms with Crippen LogP contribution in [0.15, 0.2) is 52.5 Å². The Kier molecular flexibility index (Phi) is 6.30. The summed E-state index contributed by atoms with van der Waals surface area (Å²) in [6.07, 6.45) is -3.80. The standard InChI is InChI=1S/C17H18N6O7/c18-22-21-17(9-24)14(27)13(26)15(30-17)23-7-6-11(20-16(23)28)19-12(25)8-29-10-4-2-1-3-5-10/h1-7,13-15,24,26-27H,8-9H2,(H,19,20,25,28). The highest BCUT2D eigenvalue weighted by molar-refractivity contribution is 5.90. The van der Waals surface area contributed by atoms with Crippen molar-refractivity contribution in [3.05, 3.63) is 63.5 Å². The number of anilines is 1. The molecule has 4 atom stereocenters. The van der Waals surface area contributed by atoms with Crippen molar-refractivity contribution in [1.29, 1.82) is 0 Å². The maximum absolute atomic E-state index is 12.3. The molecule has 158 valence electrons. The molecule has 4 N–H and O–H groups in total. The first-order chi connectivity index (χ1) is 14.4. The number of nitrogens with zero attached hydrogens (tertiary/aromatic N) is 5. The molecule has 0 aliphatic carbocycles. The lowest BCUT2D eigenvalue weighted by atomic mass is 10.1. The fraction of sp³-hybridized carbons (Fsp3) is 0.353. The van der Waals surface area contributed by atoms with Gasteiger partial charge in [0.2, 0.25) is 5.72 Å². The molecule has 1 amide bonds. The van der Waals surface area contributed by atoms with E-state index in [1.165, 1.54) is 6.07 Å². The summed E-state index contributed by atoms with van der Waals surface area (Å²) in [5, 5.41) is 35.3. The van der Waals surface area contributed by atoms with E-state index in [4.69, 9.17) is 15.0 Å². The highest BCUT2D eigenvalue weighted by atomic mass is 16.6. The highest BCUT2D eigenvalue weighted by Crippen LogP contribution is 2.37. The van der Waals surface area contributed by atoms with Crippen LogP contribution in [-0.4, -0.2) is 61.9 Å². The van der Waals surface area contributed by atoms with E-state index < -0.39 is 42.4 Å². The van der Waals surface area contributed by atoms with Gasteiger partial charge >= 0.3 is 5.69 Å². The molecular formula is C17H18N6O7. The third kappa shape index (κ3) is 4.25. The van der Waals surface area contributed by atoms with Crippen molar-refractivity contribution in [1.82, 2.24) is 9.55 Å². The molecule has 1 fully saturated rings. The number of aliphatic hydroxyl groups is 3. The maximum Gasteiger partial charge on any atom is 0.351 e. The minimum atomic E-state index is -2.15. The third-order valence-corrected chi connectivity index (χ3v) is 4.33. The van der Waals surface area contributed by atoms with Gasteiger partial charge in [-0.15, -0.1) is 0 Å². The second-order valence-electron chi connectivity index (χ2n) is 6.29. The van der Waals surface area contributed by atoms with Gasteiger partial charge in [0.15, 0.2) is 12.8 Å². The smallest absolute Gasteiger partial charge is 0.351 e. The van der Waals surface area contributed by atoms with Gasteiger partial charge in [-0.1, -0.05) is 23.3 Å². The Morgan fingerprint density at radius 3 is 2.73 bits per heavy atom. The van der Waals surface area contributed by atoms with Crippen molar-refractivity contribution < 1.29 is 29.6 Å². The first-order valence-electron chi connectivity index (χ1n) is 8.68. The number of amides is 1. The number of hydrogen-bond acceptors (Lipinski definition) is 9. The van der Waals surface area contributed by atoms with Crippen LogP contribution in [0.25, 0.3) is 10.4 Å². The topological polar surface area (TPSA) is 192 Å². The van der Waals surface area contributed by atoms with Gasteiger partial charge in [-0.3, -0.25) is 9.36 Å². The number of aromatic nitrogens is 2. The molecule has 13 heteroatoms. The highest BCUT2D eigenvalue weighted by Gasteiger charge is 2.54. The number of para-hydroxylation sites is 1. The molecule has 0 bridgehead atoms. The van der Waals surface area contributed by atoms with Crippen molar-refractivity contribution >= 4 is 11.7 Å². The zero-order chi connectivity index (χ0) is 21.7.